The van der Waals surface area contributed by atoms with Gasteiger partial charge in [0.2, 0.25) is 6.79 Å². The van der Waals surface area contributed by atoms with Crippen molar-refractivity contribution in [1.29, 1.82) is 0 Å². The molecule has 0 saturated carbocycles. The summed E-state index contributed by atoms with van der Waals surface area (Å²) in [6.07, 6.45) is 1.60. The molecule has 236 valence electrons. The van der Waals surface area contributed by atoms with E-state index in [1.165, 1.54) is 23.8 Å². The van der Waals surface area contributed by atoms with Crippen LogP contribution < -0.4 is 29.1 Å². The topological polar surface area (TPSA) is 145 Å². The van der Waals surface area contributed by atoms with Crippen LogP contribution in [0.5, 0.6) is 17.2 Å². The van der Waals surface area contributed by atoms with Crippen molar-refractivity contribution in [3.05, 3.63) is 131 Å². The summed E-state index contributed by atoms with van der Waals surface area (Å²) in [5.74, 6) is 1.48. The second-order valence-electron chi connectivity index (χ2n) is 10.4. The van der Waals surface area contributed by atoms with Crippen LogP contribution in [0, 0.1) is 10.1 Å². The van der Waals surface area contributed by atoms with Crippen LogP contribution in [-0.2, 0) is 9.53 Å². The van der Waals surface area contributed by atoms with Crippen LogP contribution in [0.1, 0.15) is 29.9 Å². The van der Waals surface area contributed by atoms with E-state index in [-0.39, 0.29) is 30.4 Å². The van der Waals surface area contributed by atoms with Crippen molar-refractivity contribution in [2.45, 2.75) is 13.0 Å². The molecule has 0 N–H and O–H groups in total. The minimum atomic E-state index is -0.895. The lowest BCUT2D eigenvalue weighted by Gasteiger charge is -2.26. The molecule has 7 rings (SSSR count). The Morgan fingerprint density at radius 2 is 1.89 bits per heavy atom. The minimum Gasteiger partial charge on any atom is -0.496 e. The Hall–Kier alpha value is -5.95. The Bertz CT molecular complexity index is 2270. The normalized spacial score (nSPS) is 15.3. The van der Waals surface area contributed by atoms with Crippen LogP contribution in [-0.4, -0.2) is 36.0 Å². The molecule has 0 radical (unpaired) electrons. The lowest BCUT2D eigenvalue weighted by atomic mass is 9.93. The molecule has 0 bridgehead atoms. The molecule has 1 atom stereocenters. The van der Waals surface area contributed by atoms with E-state index in [1.807, 2.05) is 30.3 Å². The number of aromatic nitrogens is 1. The Kier molecular flexibility index (Phi) is 7.66. The standard InChI is InChI=1S/C34H25N3O9S/c1-3-43-33(39)29-30(19-7-5-4-6-8-19)35-34-36(31(29)20-9-13-25-27(15-20)45-18-44-25)32(38)28(47-34)17-22-11-14-24(46-22)23-12-10-21(37(40)41)16-26(23)42-2/h4-17,31H,3,18H2,1-2H3/b28-17-/t31-/m1/s1. The number of hydrogen-bond donors (Lipinski definition) is 0. The third-order valence-electron chi connectivity index (χ3n) is 7.65. The van der Waals surface area contributed by atoms with Gasteiger partial charge < -0.3 is 23.4 Å². The highest BCUT2D eigenvalue weighted by atomic mass is 32.1. The van der Waals surface area contributed by atoms with E-state index in [4.69, 9.17) is 28.4 Å². The van der Waals surface area contributed by atoms with E-state index >= 15 is 0 Å². The first-order valence-electron chi connectivity index (χ1n) is 14.5. The summed E-state index contributed by atoms with van der Waals surface area (Å²) in [6, 6.07) is 21.2. The highest BCUT2D eigenvalue weighted by Crippen LogP contribution is 2.40. The lowest BCUT2D eigenvalue weighted by molar-refractivity contribution is -0.384. The number of furan rings is 1. The quantitative estimate of drug-likeness (QED) is 0.131. The van der Waals surface area contributed by atoms with Crippen molar-refractivity contribution >= 4 is 34.8 Å². The molecule has 0 saturated heterocycles. The average Bonchev–Trinajstić information content (AvgIpc) is 3.83. The number of thiazole rings is 1. The molecule has 0 unspecified atom stereocenters. The number of non-ortho nitro benzene ring substituents is 1. The van der Waals surface area contributed by atoms with Crippen molar-refractivity contribution < 1.29 is 33.1 Å². The van der Waals surface area contributed by atoms with Crippen molar-refractivity contribution in [2.24, 2.45) is 4.99 Å². The average molecular weight is 652 g/mol. The molecule has 0 fully saturated rings. The first-order chi connectivity index (χ1) is 22.9. The SMILES string of the molecule is CCOC(=O)C1=C(c2ccccc2)N=c2s/c(=C\c3ccc(-c4ccc([N+](=O)[O-])cc4OC)o3)c(=O)n2[C@@H]1c1ccc2c(c1)OCO2. The molecule has 12 nitrogen and oxygen atoms in total. The van der Waals surface area contributed by atoms with Crippen LogP contribution in [0.25, 0.3) is 23.1 Å². The predicted octanol–water partition coefficient (Wildman–Crippen LogP) is 4.84. The fraction of sp³-hybridized carbons (Fsp3) is 0.147. The first-order valence-corrected chi connectivity index (χ1v) is 15.3. The van der Waals surface area contributed by atoms with Crippen molar-refractivity contribution in [1.82, 2.24) is 4.57 Å². The first kappa shape index (κ1) is 29.7. The Labute approximate surface area is 270 Å². The fourth-order valence-electron chi connectivity index (χ4n) is 5.54. The molecule has 5 aromatic rings. The monoisotopic (exact) mass is 651 g/mol. The number of fused-ring (bicyclic) bond motifs is 2. The van der Waals surface area contributed by atoms with Gasteiger partial charge in [-0.15, -0.1) is 0 Å². The summed E-state index contributed by atoms with van der Waals surface area (Å²) in [4.78, 5) is 43.9. The highest BCUT2D eigenvalue weighted by molar-refractivity contribution is 7.07. The van der Waals surface area contributed by atoms with Crippen LogP contribution >= 0.6 is 11.3 Å². The molecule has 4 heterocycles. The van der Waals surface area contributed by atoms with E-state index in [9.17, 15) is 19.7 Å². The van der Waals surface area contributed by atoms with Gasteiger partial charge in [-0.1, -0.05) is 47.7 Å². The van der Waals surface area contributed by atoms with Gasteiger partial charge in [-0.05, 0) is 42.8 Å². The summed E-state index contributed by atoms with van der Waals surface area (Å²) in [5.41, 5.74) is 1.90. The largest absolute Gasteiger partial charge is 0.496 e. The van der Waals surface area contributed by atoms with E-state index in [0.717, 1.165) is 11.3 Å². The number of carbonyl (C=O) groups excluding carboxylic acids is 1. The number of hydrogen-bond acceptors (Lipinski definition) is 11. The number of nitrogens with zero attached hydrogens (tertiary/aromatic N) is 3. The smallest absolute Gasteiger partial charge is 0.338 e. The van der Waals surface area contributed by atoms with Crippen molar-refractivity contribution in [2.75, 3.05) is 20.5 Å². The zero-order chi connectivity index (χ0) is 32.7. The molecule has 13 heteroatoms. The maximum absolute atomic E-state index is 14.2. The van der Waals surface area contributed by atoms with Crippen LogP contribution in [0.15, 0.2) is 98.6 Å². The van der Waals surface area contributed by atoms with Crippen molar-refractivity contribution in [3.63, 3.8) is 0 Å². The van der Waals surface area contributed by atoms with E-state index in [1.54, 1.807) is 49.4 Å². The molecule has 0 amide bonds. The number of nitro benzene ring substituents is 1. The predicted molar refractivity (Wildman–Crippen MR) is 171 cm³/mol. The second kappa shape index (κ2) is 12.1. The zero-order valence-corrected chi connectivity index (χ0v) is 25.8. The summed E-state index contributed by atoms with van der Waals surface area (Å²) >= 11 is 1.15. The van der Waals surface area contributed by atoms with Crippen molar-refractivity contribution in [3.8, 4) is 28.6 Å². The number of rotatable bonds is 8. The van der Waals surface area contributed by atoms with Gasteiger partial charge in [0.1, 0.15) is 17.3 Å². The summed E-state index contributed by atoms with van der Waals surface area (Å²) < 4.78 is 29.9. The molecule has 2 aliphatic heterocycles. The number of carbonyl (C=O) groups is 1. The van der Waals surface area contributed by atoms with Gasteiger partial charge in [-0.3, -0.25) is 19.5 Å². The lowest BCUT2D eigenvalue weighted by Crippen LogP contribution is -2.40. The molecule has 2 aliphatic rings. The molecule has 0 spiro atoms. The van der Waals surface area contributed by atoms with Gasteiger partial charge >= 0.3 is 5.97 Å². The third-order valence-corrected chi connectivity index (χ3v) is 8.63. The summed E-state index contributed by atoms with van der Waals surface area (Å²) in [6.45, 7) is 1.91. The van der Waals surface area contributed by atoms with E-state index < -0.39 is 22.5 Å². The number of esters is 1. The maximum Gasteiger partial charge on any atom is 0.338 e. The van der Waals surface area contributed by atoms with Gasteiger partial charge in [-0.25, -0.2) is 9.79 Å². The van der Waals surface area contributed by atoms with Crippen LogP contribution in [0.3, 0.4) is 0 Å². The van der Waals surface area contributed by atoms with E-state index in [0.29, 0.717) is 54.7 Å². The molecule has 47 heavy (non-hydrogen) atoms. The molecule has 3 aromatic carbocycles. The third kappa shape index (κ3) is 5.36. The van der Waals surface area contributed by atoms with Gasteiger partial charge in [0.25, 0.3) is 11.2 Å². The number of nitro groups is 1. The fourth-order valence-corrected chi connectivity index (χ4v) is 6.52. The molecular weight excluding hydrogens is 626 g/mol. The summed E-state index contributed by atoms with van der Waals surface area (Å²) in [7, 11) is 1.41. The summed E-state index contributed by atoms with van der Waals surface area (Å²) in [5, 5.41) is 11.2. The minimum absolute atomic E-state index is 0.0638. The van der Waals surface area contributed by atoms with Gasteiger partial charge in [-0.2, -0.15) is 0 Å². The Morgan fingerprint density at radius 3 is 2.66 bits per heavy atom. The van der Waals surface area contributed by atoms with Crippen LogP contribution in [0.4, 0.5) is 5.69 Å². The number of methoxy groups -OCH3 is 1. The van der Waals surface area contributed by atoms with E-state index in [2.05, 4.69) is 0 Å². The number of benzene rings is 3. The Balaban J connectivity index is 1.40. The molecule has 2 aromatic heterocycles. The van der Waals surface area contributed by atoms with Gasteiger partial charge in [0.15, 0.2) is 16.3 Å². The Morgan fingerprint density at radius 1 is 1.09 bits per heavy atom. The maximum atomic E-state index is 14.2. The second-order valence-corrected chi connectivity index (χ2v) is 11.4. The highest BCUT2D eigenvalue weighted by Gasteiger charge is 2.36. The number of ether oxygens (including phenoxy) is 4. The molecule has 0 aliphatic carbocycles. The zero-order valence-electron chi connectivity index (χ0n) is 25.0. The molecular formula is C34H25N3O9S. The van der Waals surface area contributed by atoms with Gasteiger partial charge in [0, 0.05) is 17.7 Å². The van der Waals surface area contributed by atoms with Crippen LogP contribution in [0.2, 0.25) is 0 Å². The van der Waals surface area contributed by atoms with Gasteiger partial charge in [0.05, 0.1) is 52.1 Å².